The minimum atomic E-state index is -1.61. The molecule has 52 heavy (non-hydrogen) atoms. The summed E-state index contributed by atoms with van der Waals surface area (Å²) in [6.07, 6.45) is -5.65. The molecule has 16 nitrogen and oxygen atoms in total. The summed E-state index contributed by atoms with van der Waals surface area (Å²) in [6, 6.07) is 8.57. The Balaban J connectivity index is 1.49. The van der Waals surface area contributed by atoms with E-state index in [0.29, 0.717) is 50.5 Å². The van der Waals surface area contributed by atoms with Crippen molar-refractivity contribution in [3.63, 3.8) is 0 Å². The number of rotatable bonds is 12. The largest absolute Gasteiger partial charge is 0.509 e. The lowest BCUT2D eigenvalue weighted by atomic mass is 9.89. The van der Waals surface area contributed by atoms with Crippen LogP contribution in [0.3, 0.4) is 0 Å². The van der Waals surface area contributed by atoms with Gasteiger partial charge in [-0.3, -0.25) is 4.79 Å². The van der Waals surface area contributed by atoms with Crippen LogP contribution in [0.25, 0.3) is 21.9 Å². The van der Waals surface area contributed by atoms with Crippen molar-refractivity contribution < 1.29 is 76.0 Å². The summed E-state index contributed by atoms with van der Waals surface area (Å²) in [4.78, 5) is 51.2. The molecule has 16 heteroatoms. The highest BCUT2D eigenvalue weighted by atomic mass is 16.8. The SMILES string of the molecule is C=CCOC(=O)O[C@@H]1COC(Oc2c3c(c(-c4ccc5c(c4)OCO5)c4cc(OC)c(OC)cc24)C(=O)OC3)[C@H](OC(=O)OCC=C)[C@H]1OC(C)=O. The molecule has 3 aromatic rings. The first-order chi connectivity index (χ1) is 25.2. The molecule has 3 aliphatic heterocycles. The number of methoxy groups -OCH3 is 2. The van der Waals surface area contributed by atoms with E-state index < -0.39 is 55.5 Å². The van der Waals surface area contributed by atoms with Crippen LogP contribution in [0.2, 0.25) is 0 Å². The molecule has 0 saturated carbocycles. The van der Waals surface area contributed by atoms with Crippen molar-refractivity contribution >= 4 is 35.0 Å². The lowest BCUT2D eigenvalue weighted by Crippen LogP contribution is -2.59. The van der Waals surface area contributed by atoms with Gasteiger partial charge in [-0.15, -0.1) is 0 Å². The quantitative estimate of drug-likeness (QED) is 0.138. The molecule has 0 bridgehead atoms. The normalized spacial score (nSPS) is 19.8. The number of esters is 2. The van der Waals surface area contributed by atoms with Gasteiger partial charge in [0.1, 0.15) is 25.6 Å². The number of carbonyl (C=O) groups is 4. The maximum absolute atomic E-state index is 13.5. The average Bonchev–Trinajstić information content (AvgIpc) is 3.77. The Bertz CT molecular complexity index is 1920. The number of benzene rings is 3. The molecule has 4 atom stereocenters. The van der Waals surface area contributed by atoms with E-state index in [4.69, 9.17) is 56.8 Å². The van der Waals surface area contributed by atoms with Crippen molar-refractivity contribution in [2.45, 2.75) is 38.1 Å². The molecule has 0 N–H and O–H groups in total. The summed E-state index contributed by atoms with van der Waals surface area (Å²) in [6.45, 7) is 7.15. The van der Waals surface area contributed by atoms with E-state index in [2.05, 4.69) is 13.2 Å². The van der Waals surface area contributed by atoms with E-state index in [-0.39, 0.29) is 37.9 Å². The molecular weight excluding hydrogens is 688 g/mol. The second-order valence-corrected chi connectivity index (χ2v) is 11.3. The van der Waals surface area contributed by atoms with E-state index in [1.807, 2.05) is 0 Å². The van der Waals surface area contributed by atoms with Gasteiger partial charge in [0, 0.05) is 23.4 Å². The van der Waals surface area contributed by atoms with Crippen LogP contribution in [0.15, 0.2) is 55.6 Å². The number of fused-ring (bicyclic) bond motifs is 3. The second-order valence-electron chi connectivity index (χ2n) is 11.3. The zero-order chi connectivity index (χ0) is 36.9. The van der Waals surface area contributed by atoms with Crippen LogP contribution < -0.4 is 23.7 Å². The van der Waals surface area contributed by atoms with Crippen LogP contribution in [0, 0.1) is 0 Å². The van der Waals surface area contributed by atoms with Gasteiger partial charge in [-0.1, -0.05) is 31.4 Å². The van der Waals surface area contributed by atoms with Crippen LogP contribution in [-0.4, -0.2) is 89.7 Å². The van der Waals surface area contributed by atoms with Crippen LogP contribution in [0.1, 0.15) is 22.8 Å². The predicted octanol–water partition coefficient (Wildman–Crippen LogP) is 5.01. The van der Waals surface area contributed by atoms with Crippen LogP contribution in [0.4, 0.5) is 9.59 Å². The molecule has 1 saturated heterocycles. The summed E-state index contributed by atoms with van der Waals surface area (Å²) in [5.41, 5.74) is 1.58. The third-order valence-corrected chi connectivity index (χ3v) is 8.11. The monoisotopic (exact) mass is 722 g/mol. The summed E-state index contributed by atoms with van der Waals surface area (Å²) < 4.78 is 66.9. The minimum absolute atomic E-state index is 0.0412. The van der Waals surface area contributed by atoms with Gasteiger partial charge in [-0.25, -0.2) is 14.4 Å². The lowest BCUT2D eigenvalue weighted by molar-refractivity contribution is -0.252. The Morgan fingerprint density at radius 3 is 2.17 bits per heavy atom. The molecule has 0 amide bonds. The first-order valence-electron chi connectivity index (χ1n) is 15.8. The van der Waals surface area contributed by atoms with Crippen LogP contribution in [-0.2, 0) is 44.6 Å². The Labute approximate surface area is 296 Å². The molecule has 3 heterocycles. The molecule has 0 radical (unpaired) electrons. The number of carbonyl (C=O) groups excluding carboxylic acids is 4. The van der Waals surface area contributed by atoms with Gasteiger partial charge < -0.3 is 56.8 Å². The fourth-order valence-electron chi connectivity index (χ4n) is 5.97. The smallest absolute Gasteiger partial charge is 0.493 e. The van der Waals surface area contributed by atoms with Gasteiger partial charge in [0.2, 0.25) is 19.2 Å². The molecule has 3 aliphatic rings. The third-order valence-electron chi connectivity index (χ3n) is 8.11. The van der Waals surface area contributed by atoms with Crippen molar-refractivity contribution in [1.82, 2.24) is 0 Å². The summed E-state index contributed by atoms with van der Waals surface area (Å²) >= 11 is 0. The Kier molecular flexibility index (Phi) is 10.6. The Morgan fingerprint density at radius 2 is 1.50 bits per heavy atom. The molecule has 274 valence electrons. The van der Waals surface area contributed by atoms with Gasteiger partial charge in [0.05, 0.1) is 26.4 Å². The zero-order valence-electron chi connectivity index (χ0n) is 28.3. The van der Waals surface area contributed by atoms with E-state index in [9.17, 15) is 19.2 Å². The maximum Gasteiger partial charge on any atom is 0.509 e. The van der Waals surface area contributed by atoms with Crippen molar-refractivity contribution in [1.29, 1.82) is 0 Å². The van der Waals surface area contributed by atoms with Crippen molar-refractivity contribution in [3.8, 4) is 39.9 Å². The molecular formula is C36H34O16. The van der Waals surface area contributed by atoms with Gasteiger partial charge in [-0.05, 0) is 35.2 Å². The van der Waals surface area contributed by atoms with Gasteiger partial charge in [-0.2, -0.15) is 0 Å². The first kappa shape index (κ1) is 35.7. The molecule has 3 aromatic carbocycles. The Morgan fingerprint density at radius 1 is 0.827 bits per heavy atom. The number of hydrogen-bond acceptors (Lipinski definition) is 16. The summed E-state index contributed by atoms with van der Waals surface area (Å²) in [5.74, 6) is 0.319. The van der Waals surface area contributed by atoms with E-state index in [1.165, 1.54) is 26.4 Å². The predicted molar refractivity (Wildman–Crippen MR) is 176 cm³/mol. The second kappa shape index (κ2) is 15.4. The number of hydrogen-bond donors (Lipinski definition) is 0. The molecule has 1 fully saturated rings. The van der Waals surface area contributed by atoms with E-state index in [0.717, 1.165) is 6.92 Å². The topological polar surface area (TPSA) is 179 Å². The van der Waals surface area contributed by atoms with Crippen LogP contribution in [0.5, 0.6) is 28.7 Å². The number of ether oxygens (including phenoxy) is 12. The van der Waals surface area contributed by atoms with E-state index in [1.54, 1.807) is 30.3 Å². The third kappa shape index (κ3) is 7.05. The molecule has 6 rings (SSSR count). The standard InChI is InChI=1S/C36H34O16/c1-6-10-43-35(39)50-27-16-46-34(32(31(27)49-18(3)37)52-36(40)44-11-7-2)51-30-21-14-25(42-5)24(41-4)13-20(21)28(29-22(30)15-45-33(29)38)19-8-9-23-26(12-19)48-17-47-23/h6-9,12-14,27,31-32,34H,1-2,10-11,15-17H2,3-5H3/t27-,31+,32-,34?/m1/s1. The molecule has 1 unspecified atom stereocenters. The van der Waals surface area contributed by atoms with Crippen molar-refractivity contribution in [2.24, 2.45) is 0 Å². The van der Waals surface area contributed by atoms with Gasteiger partial charge in [0.25, 0.3) is 0 Å². The first-order valence-corrected chi connectivity index (χ1v) is 15.8. The molecule has 0 aromatic heterocycles. The van der Waals surface area contributed by atoms with Crippen molar-refractivity contribution in [2.75, 3.05) is 40.8 Å². The van der Waals surface area contributed by atoms with E-state index >= 15 is 0 Å². The molecule has 0 spiro atoms. The van der Waals surface area contributed by atoms with Crippen LogP contribution >= 0.6 is 0 Å². The van der Waals surface area contributed by atoms with Crippen molar-refractivity contribution in [3.05, 3.63) is 66.8 Å². The Hall–Kier alpha value is -6.16. The maximum atomic E-state index is 13.5. The zero-order valence-corrected chi connectivity index (χ0v) is 28.3. The summed E-state index contributed by atoms with van der Waals surface area (Å²) in [7, 11) is 2.92. The highest BCUT2D eigenvalue weighted by Gasteiger charge is 2.50. The average molecular weight is 723 g/mol. The van der Waals surface area contributed by atoms with Gasteiger partial charge in [0.15, 0.2) is 35.2 Å². The molecule has 0 aliphatic carbocycles. The van der Waals surface area contributed by atoms with Gasteiger partial charge >= 0.3 is 24.2 Å². The summed E-state index contributed by atoms with van der Waals surface area (Å²) in [5, 5.41) is 0.889. The highest BCUT2D eigenvalue weighted by Crippen LogP contribution is 2.50. The minimum Gasteiger partial charge on any atom is -0.493 e. The lowest BCUT2D eigenvalue weighted by Gasteiger charge is -2.40. The number of cyclic esters (lactones) is 1. The highest BCUT2D eigenvalue weighted by molar-refractivity contribution is 6.14. The fourth-order valence-corrected chi connectivity index (χ4v) is 5.97. The fraction of sp³-hybridized carbons (Fsp3) is 0.333.